The Morgan fingerprint density at radius 3 is 2.56 bits per heavy atom. The maximum Gasteiger partial charge on any atom is 0.187 e. The summed E-state index contributed by atoms with van der Waals surface area (Å²) in [5.74, 6) is -0.00627. The van der Waals surface area contributed by atoms with Crippen LogP contribution in [0.2, 0.25) is 0 Å². The van der Waals surface area contributed by atoms with Crippen LogP contribution < -0.4 is 4.74 Å². The van der Waals surface area contributed by atoms with E-state index in [0.717, 1.165) is 44.1 Å². The quantitative estimate of drug-likeness (QED) is 0.548. The molecule has 2 aromatic carbocycles. The van der Waals surface area contributed by atoms with Gasteiger partial charge in [0.2, 0.25) is 0 Å². The van der Waals surface area contributed by atoms with E-state index in [4.69, 9.17) is 9.47 Å². The topological polar surface area (TPSA) is 90.7 Å². The summed E-state index contributed by atoms with van der Waals surface area (Å²) < 4.78 is 38.4. The number of carbonyl (C=O) groups is 1. The first-order chi connectivity index (χ1) is 15.5. The zero-order chi connectivity index (χ0) is 22.3. The summed E-state index contributed by atoms with van der Waals surface area (Å²) in [5.41, 5.74) is 3.57. The molecule has 8 nitrogen and oxygen atoms in total. The van der Waals surface area contributed by atoms with Crippen molar-refractivity contribution < 1.29 is 22.7 Å². The Bertz CT molecular complexity index is 1280. The van der Waals surface area contributed by atoms with Crippen molar-refractivity contribution in [1.29, 1.82) is 0 Å². The van der Waals surface area contributed by atoms with Gasteiger partial charge in [0.25, 0.3) is 0 Å². The van der Waals surface area contributed by atoms with E-state index >= 15 is 0 Å². The van der Waals surface area contributed by atoms with E-state index in [1.54, 1.807) is 22.9 Å². The van der Waals surface area contributed by atoms with Crippen LogP contribution in [-0.2, 0) is 26.9 Å². The normalized spacial score (nSPS) is 17.4. The number of aldehydes is 1. The molecular formula is C23H23N3O5S. The molecule has 1 aromatic heterocycles. The molecule has 0 bridgehead atoms. The molecule has 3 heterocycles. The van der Waals surface area contributed by atoms with Gasteiger partial charge in [-0.3, -0.25) is 9.69 Å². The Morgan fingerprint density at radius 2 is 1.88 bits per heavy atom. The number of benzene rings is 2. The highest BCUT2D eigenvalue weighted by atomic mass is 32.2. The Labute approximate surface area is 186 Å². The van der Waals surface area contributed by atoms with Crippen molar-refractivity contribution in [3.63, 3.8) is 0 Å². The van der Waals surface area contributed by atoms with Crippen molar-refractivity contribution in [2.75, 3.05) is 33.4 Å². The van der Waals surface area contributed by atoms with E-state index in [9.17, 15) is 13.2 Å². The van der Waals surface area contributed by atoms with Crippen LogP contribution >= 0.6 is 0 Å². The fraction of sp³-hybridized carbons (Fsp3) is 0.304. The van der Waals surface area contributed by atoms with E-state index in [1.807, 2.05) is 24.3 Å². The number of methoxy groups -OCH3 is 1. The zero-order valence-electron chi connectivity index (χ0n) is 17.7. The van der Waals surface area contributed by atoms with Gasteiger partial charge in [-0.15, -0.1) is 0 Å². The van der Waals surface area contributed by atoms with E-state index in [0.29, 0.717) is 23.1 Å². The average Bonchev–Trinajstić information content (AvgIpc) is 3.17. The van der Waals surface area contributed by atoms with Crippen molar-refractivity contribution in [3.05, 3.63) is 59.3 Å². The van der Waals surface area contributed by atoms with E-state index < -0.39 is 9.84 Å². The second-order valence-electron chi connectivity index (χ2n) is 7.89. The molecule has 0 N–H and O–H groups in total. The van der Waals surface area contributed by atoms with Gasteiger partial charge in [0.05, 0.1) is 37.5 Å². The summed E-state index contributed by atoms with van der Waals surface area (Å²) in [6.45, 7) is 4.14. The van der Waals surface area contributed by atoms with Gasteiger partial charge in [-0.25, -0.2) is 13.1 Å². The van der Waals surface area contributed by atoms with Gasteiger partial charge >= 0.3 is 0 Å². The van der Waals surface area contributed by atoms with Gasteiger partial charge in [-0.05, 0) is 23.8 Å². The minimum Gasteiger partial charge on any atom is -0.495 e. The highest BCUT2D eigenvalue weighted by Crippen LogP contribution is 2.44. The standard InChI is InChI=1S/C23H23N3O5S/c1-30-21-4-2-3-18-22-19(15-32(28,29)23(18)21)20(14-27)24-26(22)17-7-5-16(6-8-17)13-25-9-11-31-12-10-25/h2-8,14H,9-13,15H2,1H3. The first-order valence-electron chi connectivity index (χ1n) is 10.4. The smallest absolute Gasteiger partial charge is 0.187 e. The van der Waals surface area contributed by atoms with Crippen LogP contribution in [0.5, 0.6) is 5.75 Å². The van der Waals surface area contributed by atoms with Gasteiger partial charge in [0.15, 0.2) is 16.1 Å². The summed E-state index contributed by atoms with van der Waals surface area (Å²) in [6, 6.07) is 13.1. The minimum absolute atomic E-state index is 0.134. The molecular weight excluding hydrogens is 430 g/mol. The van der Waals surface area contributed by atoms with Crippen molar-refractivity contribution in [2.45, 2.75) is 17.2 Å². The molecule has 32 heavy (non-hydrogen) atoms. The number of carbonyl (C=O) groups excluding carboxylic acids is 1. The number of hydrogen-bond donors (Lipinski definition) is 0. The van der Waals surface area contributed by atoms with Crippen LogP contribution in [0.3, 0.4) is 0 Å². The SMILES string of the molecule is COc1cccc2c1S(=O)(=O)Cc1c(C=O)nn(-c3ccc(CN4CCOCC4)cc3)c1-2. The van der Waals surface area contributed by atoms with Crippen LogP contribution in [0, 0.1) is 0 Å². The molecule has 2 aliphatic rings. The highest BCUT2D eigenvalue weighted by Gasteiger charge is 2.36. The minimum atomic E-state index is -3.68. The van der Waals surface area contributed by atoms with Gasteiger partial charge < -0.3 is 9.47 Å². The van der Waals surface area contributed by atoms with Crippen LogP contribution in [0.25, 0.3) is 16.9 Å². The number of hydrogen-bond acceptors (Lipinski definition) is 7. The third-order valence-corrected chi connectivity index (χ3v) is 7.63. The number of aromatic nitrogens is 2. The fourth-order valence-electron chi connectivity index (χ4n) is 4.37. The van der Waals surface area contributed by atoms with Crippen LogP contribution in [0.4, 0.5) is 0 Å². The second kappa shape index (κ2) is 8.16. The number of morpholine rings is 1. The molecule has 0 unspecified atom stereocenters. The van der Waals surface area contributed by atoms with Crippen LogP contribution in [0.1, 0.15) is 21.6 Å². The zero-order valence-corrected chi connectivity index (χ0v) is 18.5. The van der Waals surface area contributed by atoms with Crippen LogP contribution in [-0.4, -0.2) is 62.8 Å². The largest absolute Gasteiger partial charge is 0.495 e. The molecule has 0 radical (unpaired) electrons. The van der Waals surface area contributed by atoms with Crippen molar-refractivity contribution in [2.24, 2.45) is 0 Å². The van der Waals surface area contributed by atoms with Gasteiger partial charge in [-0.2, -0.15) is 5.10 Å². The lowest BCUT2D eigenvalue weighted by Crippen LogP contribution is -2.35. The molecule has 0 amide bonds. The summed E-state index contributed by atoms with van der Waals surface area (Å²) in [4.78, 5) is 14.2. The van der Waals surface area contributed by atoms with Crippen LogP contribution in [0.15, 0.2) is 47.4 Å². The summed E-state index contributed by atoms with van der Waals surface area (Å²) >= 11 is 0. The number of ether oxygens (including phenoxy) is 2. The maximum atomic E-state index is 13.0. The van der Waals surface area contributed by atoms with Gasteiger partial charge in [-0.1, -0.05) is 24.3 Å². The second-order valence-corrected chi connectivity index (χ2v) is 9.82. The lowest BCUT2D eigenvalue weighted by atomic mass is 10.1. The van der Waals surface area contributed by atoms with Crippen molar-refractivity contribution in [1.82, 2.24) is 14.7 Å². The third kappa shape index (κ3) is 3.52. The maximum absolute atomic E-state index is 13.0. The number of nitrogens with zero attached hydrogens (tertiary/aromatic N) is 3. The number of sulfone groups is 1. The van der Waals surface area contributed by atoms with Crippen molar-refractivity contribution >= 4 is 16.1 Å². The molecule has 166 valence electrons. The third-order valence-electron chi connectivity index (χ3n) is 5.92. The van der Waals surface area contributed by atoms with E-state index in [1.165, 1.54) is 7.11 Å². The number of fused-ring (bicyclic) bond motifs is 3. The Morgan fingerprint density at radius 1 is 1.12 bits per heavy atom. The fourth-order valence-corrected chi connectivity index (χ4v) is 6.14. The predicted molar refractivity (Wildman–Crippen MR) is 118 cm³/mol. The Hall–Kier alpha value is -3.01. The molecule has 1 saturated heterocycles. The molecule has 3 aromatic rings. The lowest BCUT2D eigenvalue weighted by Gasteiger charge is -2.26. The lowest BCUT2D eigenvalue weighted by molar-refractivity contribution is 0.0342. The molecule has 0 atom stereocenters. The first kappa shape index (κ1) is 20.9. The predicted octanol–water partition coefficient (Wildman–Crippen LogP) is 2.48. The molecule has 0 spiro atoms. The molecule has 9 heteroatoms. The van der Waals surface area contributed by atoms with Crippen molar-refractivity contribution in [3.8, 4) is 22.7 Å². The number of rotatable bonds is 5. The summed E-state index contributed by atoms with van der Waals surface area (Å²) in [5, 5.41) is 4.46. The molecule has 5 rings (SSSR count). The monoisotopic (exact) mass is 453 g/mol. The Kier molecular flexibility index (Phi) is 5.32. The first-order valence-corrected chi connectivity index (χ1v) is 12.0. The average molecular weight is 454 g/mol. The summed E-state index contributed by atoms with van der Waals surface area (Å²) in [7, 11) is -2.23. The summed E-state index contributed by atoms with van der Waals surface area (Å²) in [6.07, 6.45) is 0.614. The molecule has 2 aliphatic heterocycles. The molecule has 0 saturated carbocycles. The van der Waals surface area contributed by atoms with Gasteiger partial charge in [0.1, 0.15) is 16.3 Å². The highest BCUT2D eigenvalue weighted by molar-refractivity contribution is 7.91. The molecule has 0 aliphatic carbocycles. The van der Waals surface area contributed by atoms with E-state index in [-0.39, 0.29) is 22.1 Å². The Balaban J connectivity index is 1.59. The van der Waals surface area contributed by atoms with Gasteiger partial charge in [0, 0.05) is 30.8 Å². The molecule has 1 fully saturated rings. The van der Waals surface area contributed by atoms with E-state index in [2.05, 4.69) is 10.00 Å².